The van der Waals surface area contributed by atoms with Gasteiger partial charge in [0.05, 0.1) is 6.26 Å². The molecule has 3 unspecified atom stereocenters. The first kappa shape index (κ1) is 27.3. The van der Waals surface area contributed by atoms with E-state index in [0.29, 0.717) is 0 Å². The maximum absolute atomic E-state index is 12.2. The highest BCUT2D eigenvalue weighted by atomic mass is 32.2. The molecule has 5 atom stereocenters. The number of ether oxygens (including phenoxy) is 5. The second-order valence-corrected chi connectivity index (χ2v) is 8.31. The zero-order valence-corrected chi connectivity index (χ0v) is 18.8. The second-order valence-electron chi connectivity index (χ2n) is 6.66. The summed E-state index contributed by atoms with van der Waals surface area (Å²) >= 11 is 0. The molecule has 0 aromatic heterocycles. The van der Waals surface area contributed by atoms with Crippen molar-refractivity contribution in [1.29, 1.82) is 0 Å². The minimum atomic E-state index is -3.96. The lowest BCUT2D eigenvalue weighted by molar-refractivity contribution is -0.271. The molecule has 0 aromatic rings. The number of nitrogens with one attached hydrogen (secondary N) is 1. The normalized spacial score (nSPS) is 25.2. The van der Waals surface area contributed by atoms with Crippen LogP contribution in [0.15, 0.2) is 0 Å². The molecule has 1 aliphatic heterocycles. The summed E-state index contributed by atoms with van der Waals surface area (Å²) in [6, 6.07) is -1.45. The van der Waals surface area contributed by atoms with Crippen molar-refractivity contribution in [3.05, 3.63) is 0 Å². The van der Waals surface area contributed by atoms with Crippen LogP contribution in [0.3, 0.4) is 0 Å². The van der Waals surface area contributed by atoms with Crippen molar-refractivity contribution in [3.8, 4) is 0 Å². The van der Waals surface area contributed by atoms with Crippen LogP contribution in [-0.4, -0.2) is 88.3 Å². The molecule has 0 saturated carbocycles. The van der Waals surface area contributed by atoms with Crippen LogP contribution in [0.4, 0.5) is 0 Å². The smallest absolute Gasteiger partial charge is 0.305 e. The van der Waals surface area contributed by atoms with Gasteiger partial charge in [0.1, 0.15) is 25.4 Å². The van der Waals surface area contributed by atoms with Crippen molar-refractivity contribution in [2.24, 2.45) is 0 Å². The number of esters is 4. The van der Waals surface area contributed by atoms with Gasteiger partial charge in [-0.05, 0) is 0 Å². The van der Waals surface area contributed by atoms with Crippen molar-refractivity contribution in [3.63, 3.8) is 0 Å². The highest BCUT2D eigenvalue weighted by Crippen LogP contribution is 2.28. The fourth-order valence-electron chi connectivity index (χ4n) is 2.71. The zero-order chi connectivity index (χ0) is 24.6. The van der Waals surface area contributed by atoms with E-state index in [1.807, 2.05) is 0 Å². The maximum atomic E-state index is 12.2. The van der Waals surface area contributed by atoms with E-state index in [1.165, 1.54) is 0 Å². The molecule has 1 N–H and O–H groups in total. The number of hydrogen-bond acceptors (Lipinski definition) is 13. The predicted octanol–water partition coefficient (Wildman–Crippen LogP) is -1.84. The molecule has 32 heavy (non-hydrogen) atoms. The number of rotatable bonds is 9. The highest BCUT2D eigenvalue weighted by molar-refractivity contribution is 7.86. The van der Waals surface area contributed by atoms with Crippen LogP contribution in [0.1, 0.15) is 27.7 Å². The Morgan fingerprint density at radius 1 is 0.844 bits per heavy atom. The fourth-order valence-corrected chi connectivity index (χ4v) is 3.03. The number of carbonyl (C=O) groups is 5. The molecular weight excluding hydrogens is 458 g/mol. The van der Waals surface area contributed by atoms with E-state index in [1.54, 1.807) is 0 Å². The van der Waals surface area contributed by atoms with Gasteiger partial charge >= 0.3 is 23.9 Å². The Kier molecular flexibility index (Phi) is 9.99. The third kappa shape index (κ3) is 9.57. The van der Waals surface area contributed by atoms with Crippen LogP contribution >= 0.6 is 0 Å². The predicted molar refractivity (Wildman–Crippen MR) is 101 cm³/mol. The first-order valence-corrected chi connectivity index (χ1v) is 11.0. The molecular formula is C17H25NO13S. The van der Waals surface area contributed by atoms with E-state index >= 15 is 0 Å². The van der Waals surface area contributed by atoms with Crippen molar-refractivity contribution in [1.82, 2.24) is 5.32 Å². The van der Waals surface area contributed by atoms with Crippen LogP contribution in [0.25, 0.3) is 0 Å². The molecule has 1 aliphatic rings. The van der Waals surface area contributed by atoms with Gasteiger partial charge in [-0.3, -0.25) is 28.2 Å². The highest BCUT2D eigenvalue weighted by Gasteiger charge is 2.52. The van der Waals surface area contributed by atoms with Gasteiger partial charge in [0.25, 0.3) is 10.1 Å². The molecule has 1 rings (SSSR count). The molecule has 0 bridgehead atoms. The molecule has 1 heterocycles. The van der Waals surface area contributed by atoms with Gasteiger partial charge in [0.15, 0.2) is 12.2 Å². The summed E-state index contributed by atoms with van der Waals surface area (Å²) in [4.78, 5) is 58.4. The second kappa shape index (κ2) is 11.7. The summed E-state index contributed by atoms with van der Waals surface area (Å²) in [6.07, 6.45) is -4.99. The maximum Gasteiger partial charge on any atom is 0.305 e. The van der Waals surface area contributed by atoms with Gasteiger partial charge in [-0.1, -0.05) is 0 Å². The quantitative estimate of drug-likeness (QED) is 0.219. The Labute approximate surface area is 183 Å². The van der Waals surface area contributed by atoms with E-state index in [4.69, 9.17) is 23.7 Å². The van der Waals surface area contributed by atoms with Gasteiger partial charge in [-0.15, -0.1) is 0 Å². The number of hydrogen-bond donors (Lipinski definition) is 1. The Balaban J connectivity index is 3.31. The first-order chi connectivity index (χ1) is 14.7. The summed E-state index contributed by atoms with van der Waals surface area (Å²) < 4.78 is 52.5. The van der Waals surface area contributed by atoms with Gasteiger partial charge in [0, 0.05) is 27.7 Å². The van der Waals surface area contributed by atoms with Gasteiger partial charge in [-0.25, -0.2) is 0 Å². The molecule has 0 radical (unpaired) electrons. The minimum absolute atomic E-state index is 0.472. The van der Waals surface area contributed by atoms with Gasteiger partial charge in [-0.2, -0.15) is 8.42 Å². The summed E-state index contributed by atoms with van der Waals surface area (Å²) in [5.41, 5.74) is 0. The topological polar surface area (TPSA) is 187 Å². The zero-order valence-electron chi connectivity index (χ0n) is 18.0. The van der Waals surface area contributed by atoms with Crippen molar-refractivity contribution >= 4 is 39.9 Å². The minimum Gasteiger partial charge on any atom is -0.463 e. The molecule has 14 nitrogen and oxygen atoms in total. The molecule has 0 aliphatic carbocycles. The summed E-state index contributed by atoms with van der Waals surface area (Å²) in [5.74, 6) is -4.22. The summed E-state index contributed by atoms with van der Waals surface area (Å²) in [5, 5.41) is 2.28. The van der Waals surface area contributed by atoms with Crippen molar-refractivity contribution < 1.29 is 60.3 Å². The SMILES string of the molecule is CC(=O)OCC1OC(OC(C)=O)C(NC(=O)COS(C)(=O)=O)[C@@H](OC(C)=O)[C@@H]1OC(C)=O. The van der Waals surface area contributed by atoms with E-state index < -0.39 is 83.8 Å². The lowest BCUT2D eigenvalue weighted by Gasteiger charge is -2.44. The third-order valence-electron chi connectivity index (χ3n) is 3.72. The third-order valence-corrected chi connectivity index (χ3v) is 4.26. The first-order valence-electron chi connectivity index (χ1n) is 9.14. The van der Waals surface area contributed by atoms with E-state index in [0.717, 1.165) is 34.0 Å². The Bertz CT molecular complexity index is 839. The molecule has 0 aromatic carbocycles. The van der Waals surface area contributed by atoms with Crippen LogP contribution in [0, 0.1) is 0 Å². The van der Waals surface area contributed by atoms with E-state index in [-0.39, 0.29) is 0 Å². The lowest BCUT2D eigenvalue weighted by Crippen LogP contribution is -2.67. The fraction of sp³-hybridized carbons (Fsp3) is 0.706. The van der Waals surface area contributed by atoms with Crippen molar-refractivity contribution in [2.45, 2.75) is 58.3 Å². The monoisotopic (exact) mass is 483 g/mol. The molecule has 182 valence electrons. The van der Waals surface area contributed by atoms with Crippen LogP contribution in [0.2, 0.25) is 0 Å². The van der Waals surface area contributed by atoms with E-state index in [2.05, 4.69) is 9.50 Å². The summed E-state index contributed by atoms with van der Waals surface area (Å²) in [7, 11) is -3.96. The Hall–Kier alpha value is -2.78. The van der Waals surface area contributed by atoms with Crippen LogP contribution in [0.5, 0.6) is 0 Å². The van der Waals surface area contributed by atoms with Gasteiger partial charge < -0.3 is 29.0 Å². The van der Waals surface area contributed by atoms with Crippen LogP contribution in [-0.2, 0) is 62.0 Å². The molecule has 0 spiro atoms. The molecule has 15 heteroatoms. The standard InChI is InChI=1S/C17H25NO13S/c1-8(19)26-6-12-15(28-9(2)20)16(29-10(3)21)14(17(31-12)30-11(4)22)18-13(23)7-27-32(5,24)25/h12,14-17H,6-7H2,1-5H3,(H,18,23)/t12?,14?,15-,16-,17?/m1/s1. The Morgan fingerprint density at radius 3 is 1.84 bits per heavy atom. The Morgan fingerprint density at radius 2 is 1.38 bits per heavy atom. The van der Waals surface area contributed by atoms with Crippen LogP contribution < -0.4 is 5.32 Å². The molecule has 1 saturated heterocycles. The largest absolute Gasteiger partial charge is 0.463 e. The average molecular weight is 483 g/mol. The number of carbonyl (C=O) groups excluding carboxylic acids is 5. The number of amides is 1. The molecule has 1 fully saturated rings. The lowest BCUT2D eigenvalue weighted by atomic mass is 9.96. The van der Waals surface area contributed by atoms with E-state index in [9.17, 15) is 32.4 Å². The average Bonchev–Trinajstić information content (AvgIpc) is 2.61. The van der Waals surface area contributed by atoms with Gasteiger partial charge in [0.2, 0.25) is 12.2 Å². The summed E-state index contributed by atoms with van der Waals surface area (Å²) in [6.45, 7) is 2.83. The molecule has 1 amide bonds. The van der Waals surface area contributed by atoms with Crippen molar-refractivity contribution in [2.75, 3.05) is 19.5 Å².